The molecule has 0 saturated carbocycles. The van der Waals surface area contributed by atoms with Crippen LogP contribution in [-0.2, 0) is 4.79 Å². The number of amides is 1. The zero-order valence-corrected chi connectivity index (χ0v) is 14.5. The van der Waals surface area contributed by atoms with Crippen molar-refractivity contribution in [2.75, 3.05) is 11.1 Å². The summed E-state index contributed by atoms with van der Waals surface area (Å²) in [4.78, 5) is 17.2. The van der Waals surface area contributed by atoms with Crippen molar-refractivity contribution in [1.29, 1.82) is 5.26 Å². The van der Waals surface area contributed by atoms with E-state index in [0.29, 0.717) is 16.2 Å². The van der Waals surface area contributed by atoms with E-state index < -0.39 is 5.91 Å². The minimum atomic E-state index is -0.465. The predicted molar refractivity (Wildman–Crippen MR) is 92.0 cm³/mol. The van der Waals surface area contributed by atoms with Crippen LogP contribution in [0.5, 0.6) is 0 Å². The van der Waals surface area contributed by atoms with E-state index in [1.165, 1.54) is 11.3 Å². The van der Waals surface area contributed by atoms with E-state index in [1.54, 1.807) is 17.8 Å². The van der Waals surface area contributed by atoms with Crippen molar-refractivity contribution in [1.82, 2.24) is 9.36 Å². The molecule has 0 aliphatic rings. The molecular weight excluding hydrogens is 336 g/mol. The van der Waals surface area contributed by atoms with E-state index in [-0.39, 0.29) is 5.57 Å². The molecule has 0 unspecified atom stereocenters. The minimum Gasteiger partial charge on any atom is -0.296 e. The van der Waals surface area contributed by atoms with Crippen LogP contribution in [0, 0.1) is 17.2 Å². The Morgan fingerprint density at radius 2 is 2.41 bits per heavy atom. The Morgan fingerprint density at radius 1 is 1.59 bits per heavy atom. The van der Waals surface area contributed by atoms with Gasteiger partial charge in [-0.3, -0.25) is 10.1 Å². The quantitative estimate of drug-likeness (QED) is 0.486. The molecule has 8 heteroatoms. The van der Waals surface area contributed by atoms with Gasteiger partial charge in [-0.25, -0.2) is 0 Å². The highest BCUT2D eigenvalue weighted by Gasteiger charge is 2.13. The van der Waals surface area contributed by atoms with Crippen LogP contribution in [0.3, 0.4) is 0 Å². The normalized spacial score (nSPS) is 11.5. The standard InChI is InChI=1S/C14H14N4OS3/c1-9(2)8-21-14-17-13(22-18-14)16-12(19)10(7-15)6-11-4-3-5-20-11/h3-6,9H,8H2,1-2H3,(H,16,17,18,19)/b10-6-. The maximum Gasteiger partial charge on any atom is 0.268 e. The van der Waals surface area contributed by atoms with Gasteiger partial charge in [0, 0.05) is 22.2 Å². The molecule has 0 saturated heterocycles. The first-order valence-electron chi connectivity index (χ1n) is 6.51. The fraction of sp³-hybridized carbons (Fsp3) is 0.286. The number of nitrogens with one attached hydrogen (secondary N) is 1. The summed E-state index contributed by atoms with van der Waals surface area (Å²) in [6.07, 6.45) is 1.56. The second kappa shape index (κ2) is 8.08. The Labute approximate surface area is 141 Å². The number of aromatic nitrogens is 2. The number of rotatable bonds is 6. The van der Waals surface area contributed by atoms with E-state index in [1.807, 2.05) is 23.6 Å². The van der Waals surface area contributed by atoms with Crippen LogP contribution in [0.4, 0.5) is 5.13 Å². The predicted octanol–water partition coefficient (Wildman–Crippen LogP) is 3.89. The van der Waals surface area contributed by atoms with E-state index in [0.717, 1.165) is 22.2 Å². The third-order valence-electron chi connectivity index (χ3n) is 2.37. The second-order valence-electron chi connectivity index (χ2n) is 4.73. The maximum atomic E-state index is 12.1. The van der Waals surface area contributed by atoms with Crippen LogP contribution in [-0.4, -0.2) is 21.0 Å². The lowest BCUT2D eigenvalue weighted by atomic mass is 10.2. The molecule has 0 aliphatic carbocycles. The molecule has 5 nitrogen and oxygen atoms in total. The molecule has 0 bridgehead atoms. The fourth-order valence-electron chi connectivity index (χ4n) is 1.39. The number of hydrogen-bond acceptors (Lipinski definition) is 7. The summed E-state index contributed by atoms with van der Waals surface area (Å²) in [6.45, 7) is 4.24. The molecule has 2 heterocycles. The first-order chi connectivity index (χ1) is 10.6. The number of nitriles is 1. The SMILES string of the molecule is CC(C)CSc1nsc(NC(=O)/C(C#N)=C\c2cccs2)n1. The maximum absolute atomic E-state index is 12.1. The molecule has 2 aromatic rings. The average molecular weight is 350 g/mol. The van der Waals surface area contributed by atoms with Crippen LogP contribution >= 0.6 is 34.6 Å². The number of nitrogens with zero attached hydrogens (tertiary/aromatic N) is 3. The van der Waals surface area contributed by atoms with Gasteiger partial charge in [0.25, 0.3) is 5.91 Å². The topological polar surface area (TPSA) is 78.7 Å². The molecule has 114 valence electrons. The summed E-state index contributed by atoms with van der Waals surface area (Å²) in [7, 11) is 0. The number of thiophene rings is 1. The smallest absolute Gasteiger partial charge is 0.268 e. The van der Waals surface area contributed by atoms with Crippen molar-refractivity contribution < 1.29 is 4.79 Å². The lowest BCUT2D eigenvalue weighted by Crippen LogP contribution is -2.13. The van der Waals surface area contributed by atoms with Gasteiger partial charge in [0.1, 0.15) is 11.6 Å². The summed E-state index contributed by atoms with van der Waals surface area (Å²) in [5.41, 5.74) is 0.0500. The summed E-state index contributed by atoms with van der Waals surface area (Å²) in [5, 5.41) is 14.7. The molecular formula is C14H14N4OS3. The van der Waals surface area contributed by atoms with Crippen molar-refractivity contribution >= 4 is 51.7 Å². The Kier molecular flexibility index (Phi) is 6.12. The van der Waals surface area contributed by atoms with Crippen molar-refractivity contribution in [3.05, 3.63) is 28.0 Å². The number of anilines is 1. The van der Waals surface area contributed by atoms with Crippen molar-refractivity contribution in [2.45, 2.75) is 19.0 Å². The summed E-state index contributed by atoms with van der Waals surface area (Å²) >= 11 is 4.14. The van der Waals surface area contributed by atoms with Crippen molar-refractivity contribution in [2.24, 2.45) is 5.92 Å². The van der Waals surface area contributed by atoms with Gasteiger partial charge in [-0.05, 0) is 23.4 Å². The number of carbonyl (C=O) groups is 1. The minimum absolute atomic E-state index is 0.0500. The van der Waals surface area contributed by atoms with Gasteiger partial charge < -0.3 is 0 Å². The highest BCUT2D eigenvalue weighted by atomic mass is 32.2. The lowest BCUT2D eigenvalue weighted by Gasteiger charge is -2.00. The number of carbonyl (C=O) groups excluding carboxylic acids is 1. The largest absolute Gasteiger partial charge is 0.296 e. The Hall–Kier alpha value is -1.69. The molecule has 0 atom stereocenters. The third kappa shape index (κ3) is 4.94. The molecule has 0 aliphatic heterocycles. The van der Waals surface area contributed by atoms with Gasteiger partial charge in [0.05, 0.1) is 0 Å². The Morgan fingerprint density at radius 3 is 3.05 bits per heavy atom. The van der Waals surface area contributed by atoms with Gasteiger partial charge >= 0.3 is 0 Å². The molecule has 1 amide bonds. The summed E-state index contributed by atoms with van der Waals surface area (Å²) < 4.78 is 4.18. The molecule has 22 heavy (non-hydrogen) atoms. The van der Waals surface area contributed by atoms with Crippen LogP contribution < -0.4 is 5.32 Å². The van der Waals surface area contributed by atoms with Gasteiger partial charge in [-0.2, -0.15) is 14.6 Å². The van der Waals surface area contributed by atoms with Crippen molar-refractivity contribution in [3.8, 4) is 6.07 Å². The molecule has 2 rings (SSSR count). The molecule has 0 radical (unpaired) electrons. The molecule has 0 spiro atoms. The van der Waals surface area contributed by atoms with Crippen LogP contribution in [0.25, 0.3) is 6.08 Å². The first kappa shape index (κ1) is 16.7. The van der Waals surface area contributed by atoms with E-state index in [9.17, 15) is 4.79 Å². The molecule has 1 N–H and O–H groups in total. The number of hydrogen-bond donors (Lipinski definition) is 1. The van der Waals surface area contributed by atoms with Crippen LogP contribution in [0.15, 0.2) is 28.2 Å². The third-order valence-corrected chi connectivity index (χ3v) is 5.21. The van der Waals surface area contributed by atoms with Crippen LogP contribution in [0.2, 0.25) is 0 Å². The highest BCUT2D eigenvalue weighted by Crippen LogP contribution is 2.22. The van der Waals surface area contributed by atoms with E-state index in [4.69, 9.17) is 5.26 Å². The van der Waals surface area contributed by atoms with Gasteiger partial charge in [-0.15, -0.1) is 11.3 Å². The average Bonchev–Trinajstić information content (AvgIpc) is 3.13. The molecule has 2 aromatic heterocycles. The molecule has 0 fully saturated rings. The van der Waals surface area contributed by atoms with Gasteiger partial charge in [-0.1, -0.05) is 31.7 Å². The Bertz CT molecular complexity index is 698. The zero-order chi connectivity index (χ0) is 15.9. The van der Waals surface area contributed by atoms with Gasteiger partial charge in [0.15, 0.2) is 0 Å². The van der Waals surface area contributed by atoms with Crippen LogP contribution in [0.1, 0.15) is 18.7 Å². The van der Waals surface area contributed by atoms with Crippen molar-refractivity contribution in [3.63, 3.8) is 0 Å². The first-order valence-corrected chi connectivity index (χ1v) is 9.15. The molecule has 0 aromatic carbocycles. The Balaban J connectivity index is 2.00. The number of thioether (sulfide) groups is 1. The summed E-state index contributed by atoms with van der Waals surface area (Å²) in [6, 6.07) is 5.63. The van der Waals surface area contributed by atoms with E-state index in [2.05, 4.69) is 28.5 Å². The summed E-state index contributed by atoms with van der Waals surface area (Å²) in [5.74, 6) is 1.00. The highest BCUT2D eigenvalue weighted by molar-refractivity contribution is 7.99. The fourth-order valence-corrected chi connectivity index (χ4v) is 3.54. The zero-order valence-electron chi connectivity index (χ0n) is 12.1. The monoisotopic (exact) mass is 350 g/mol. The second-order valence-corrected chi connectivity index (χ2v) is 7.44. The van der Waals surface area contributed by atoms with E-state index >= 15 is 0 Å². The van der Waals surface area contributed by atoms with Gasteiger partial charge in [0.2, 0.25) is 10.3 Å². The lowest BCUT2D eigenvalue weighted by molar-refractivity contribution is -0.112.